The molecule has 1 N–H and O–H groups in total. The first-order chi connectivity index (χ1) is 12.1. The van der Waals surface area contributed by atoms with Gasteiger partial charge in [-0.1, -0.05) is 23.8 Å². The zero-order chi connectivity index (χ0) is 17.6. The third-order valence-corrected chi connectivity index (χ3v) is 5.22. The lowest BCUT2D eigenvalue weighted by atomic mass is 10.2. The number of aromatic nitrogens is 2. The fraction of sp³-hybridized carbons (Fsp3) is 0.235. The third-order valence-electron chi connectivity index (χ3n) is 3.35. The highest BCUT2D eigenvalue weighted by molar-refractivity contribution is 7.99. The molecule has 3 aromatic rings. The summed E-state index contributed by atoms with van der Waals surface area (Å²) in [6.07, 6.45) is 0. The normalized spacial score (nSPS) is 10.8. The Morgan fingerprint density at radius 2 is 2.12 bits per heavy atom. The van der Waals surface area contributed by atoms with Gasteiger partial charge < -0.3 is 9.73 Å². The van der Waals surface area contributed by atoms with E-state index < -0.39 is 5.76 Å². The summed E-state index contributed by atoms with van der Waals surface area (Å²) in [7, 11) is 0. The van der Waals surface area contributed by atoms with Crippen molar-refractivity contribution in [3.8, 4) is 10.8 Å². The first-order valence-electron chi connectivity index (χ1n) is 7.70. The quantitative estimate of drug-likeness (QED) is 0.508. The van der Waals surface area contributed by atoms with E-state index in [2.05, 4.69) is 34.7 Å². The maximum Gasteiger partial charge on any atom is 0.437 e. The molecule has 0 aliphatic carbocycles. The highest BCUT2D eigenvalue weighted by atomic mass is 32.2. The SMILES string of the molecule is Cc1ccc(SCCNC(=O)Cn2nc(-c3cccs3)oc2=O)cc1. The third kappa shape index (κ3) is 4.83. The van der Waals surface area contributed by atoms with Gasteiger partial charge in [-0.3, -0.25) is 4.79 Å². The van der Waals surface area contributed by atoms with Crippen molar-refractivity contribution >= 4 is 29.0 Å². The van der Waals surface area contributed by atoms with Gasteiger partial charge in [0.05, 0.1) is 4.88 Å². The van der Waals surface area contributed by atoms with Crippen molar-refractivity contribution in [2.45, 2.75) is 18.4 Å². The summed E-state index contributed by atoms with van der Waals surface area (Å²) in [5.41, 5.74) is 1.22. The molecule has 3 rings (SSSR count). The lowest BCUT2D eigenvalue weighted by Crippen LogP contribution is -2.32. The van der Waals surface area contributed by atoms with Crippen molar-refractivity contribution < 1.29 is 9.21 Å². The number of rotatable bonds is 7. The van der Waals surface area contributed by atoms with Crippen LogP contribution in [0.25, 0.3) is 10.8 Å². The van der Waals surface area contributed by atoms with E-state index in [1.807, 2.05) is 24.4 Å². The Balaban J connectivity index is 1.46. The maximum atomic E-state index is 12.0. The largest absolute Gasteiger partial charge is 0.437 e. The van der Waals surface area contributed by atoms with Crippen molar-refractivity contribution in [2.24, 2.45) is 0 Å². The molecule has 1 amide bonds. The average Bonchev–Trinajstić information content (AvgIpc) is 3.24. The van der Waals surface area contributed by atoms with Crippen LogP contribution in [0.5, 0.6) is 0 Å². The highest BCUT2D eigenvalue weighted by Crippen LogP contribution is 2.21. The predicted octanol–water partition coefficient (Wildman–Crippen LogP) is 2.78. The standard InChI is InChI=1S/C17H17N3O3S2/c1-12-4-6-13(7-5-12)24-10-8-18-15(21)11-20-17(22)23-16(19-20)14-3-2-9-25-14/h2-7,9H,8,10-11H2,1H3,(H,18,21). The topological polar surface area (TPSA) is 77.1 Å². The number of hydrogen-bond acceptors (Lipinski definition) is 6. The van der Waals surface area contributed by atoms with E-state index in [0.29, 0.717) is 6.54 Å². The van der Waals surface area contributed by atoms with Gasteiger partial charge in [0, 0.05) is 17.2 Å². The lowest BCUT2D eigenvalue weighted by molar-refractivity contribution is -0.121. The van der Waals surface area contributed by atoms with Crippen LogP contribution in [0, 0.1) is 6.92 Å². The van der Waals surface area contributed by atoms with E-state index in [0.717, 1.165) is 20.2 Å². The molecule has 130 valence electrons. The minimum Gasteiger partial charge on any atom is -0.387 e. The number of nitrogens with one attached hydrogen (secondary N) is 1. The molecule has 0 aliphatic heterocycles. The molecule has 0 radical (unpaired) electrons. The predicted molar refractivity (Wildman–Crippen MR) is 99.0 cm³/mol. The van der Waals surface area contributed by atoms with Gasteiger partial charge in [0.2, 0.25) is 5.91 Å². The van der Waals surface area contributed by atoms with Gasteiger partial charge in [0.1, 0.15) is 6.54 Å². The molecule has 0 saturated heterocycles. The van der Waals surface area contributed by atoms with Crippen molar-refractivity contribution in [1.29, 1.82) is 0 Å². The Bertz CT molecular complexity index is 883. The first kappa shape index (κ1) is 17.5. The van der Waals surface area contributed by atoms with Crippen LogP contribution >= 0.6 is 23.1 Å². The second-order valence-electron chi connectivity index (χ2n) is 5.32. The van der Waals surface area contributed by atoms with Crippen LogP contribution in [-0.4, -0.2) is 28.0 Å². The molecule has 2 aromatic heterocycles. The average molecular weight is 375 g/mol. The number of thiophene rings is 1. The molecule has 25 heavy (non-hydrogen) atoms. The molecule has 0 unspecified atom stereocenters. The number of nitrogens with zero attached hydrogens (tertiary/aromatic N) is 2. The molecule has 1 aromatic carbocycles. The summed E-state index contributed by atoms with van der Waals surface area (Å²) in [5.74, 6) is 0.0936. The molecule has 0 atom stereocenters. The minimum atomic E-state index is -0.632. The second kappa shape index (κ2) is 8.17. The molecule has 6 nitrogen and oxygen atoms in total. The maximum absolute atomic E-state index is 12.0. The van der Waals surface area contributed by atoms with E-state index >= 15 is 0 Å². The molecule has 0 saturated carbocycles. The fourth-order valence-corrected chi connectivity index (χ4v) is 3.50. The number of benzene rings is 1. The van der Waals surface area contributed by atoms with Crippen molar-refractivity contribution in [2.75, 3.05) is 12.3 Å². The van der Waals surface area contributed by atoms with Crippen molar-refractivity contribution in [3.05, 3.63) is 57.9 Å². The number of carbonyl (C=O) groups is 1. The van der Waals surface area contributed by atoms with E-state index in [9.17, 15) is 9.59 Å². The Morgan fingerprint density at radius 1 is 1.32 bits per heavy atom. The number of carbonyl (C=O) groups excluding carboxylic acids is 1. The number of amides is 1. The van der Waals surface area contributed by atoms with Gasteiger partial charge >= 0.3 is 5.76 Å². The van der Waals surface area contributed by atoms with Crippen LogP contribution in [0.4, 0.5) is 0 Å². The summed E-state index contributed by atoms with van der Waals surface area (Å²) in [4.78, 5) is 25.6. The summed E-state index contributed by atoms with van der Waals surface area (Å²) in [6, 6.07) is 11.9. The van der Waals surface area contributed by atoms with Crippen LogP contribution < -0.4 is 11.1 Å². The van der Waals surface area contributed by atoms with Crippen LogP contribution in [0.2, 0.25) is 0 Å². The van der Waals surface area contributed by atoms with Crippen LogP contribution in [-0.2, 0) is 11.3 Å². The summed E-state index contributed by atoms with van der Waals surface area (Å²) >= 11 is 3.09. The van der Waals surface area contributed by atoms with Crippen molar-refractivity contribution in [1.82, 2.24) is 15.1 Å². The first-order valence-corrected chi connectivity index (χ1v) is 9.56. The molecule has 0 bridgehead atoms. The number of hydrogen-bond donors (Lipinski definition) is 1. The monoisotopic (exact) mass is 375 g/mol. The summed E-state index contributed by atoms with van der Waals surface area (Å²) in [5, 5.41) is 8.71. The van der Waals surface area contributed by atoms with Gasteiger partial charge in [-0.15, -0.1) is 28.2 Å². The minimum absolute atomic E-state index is 0.150. The zero-order valence-corrected chi connectivity index (χ0v) is 15.2. The van der Waals surface area contributed by atoms with Crippen molar-refractivity contribution in [3.63, 3.8) is 0 Å². The molecule has 0 fully saturated rings. The van der Waals surface area contributed by atoms with Crippen LogP contribution in [0.15, 0.2) is 55.9 Å². The molecular weight excluding hydrogens is 358 g/mol. The Kier molecular flexibility index (Phi) is 5.72. The summed E-state index contributed by atoms with van der Waals surface area (Å²) < 4.78 is 6.11. The number of aryl methyl sites for hydroxylation is 1. The molecule has 2 heterocycles. The summed E-state index contributed by atoms with van der Waals surface area (Å²) in [6.45, 7) is 2.41. The Hall–Kier alpha value is -2.32. The van der Waals surface area contributed by atoms with Gasteiger partial charge in [0.15, 0.2) is 0 Å². The smallest absolute Gasteiger partial charge is 0.387 e. The van der Waals surface area contributed by atoms with E-state index in [4.69, 9.17) is 4.42 Å². The van der Waals surface area contributed by atoms with Crippen LogP contribution in [0.1, 0.15) is 5.56 Å². The van der Waals surface area contributed by atoms with Gasteiger partial charge in [-0.25, -0.2) is 4.79 Å². The van der Waals surface area contributed by atoms with E-state index in [1.165, 1.54) is 16.9 Å². The van der Waals surface area contributed by atoms with Gasteiger partial charge in [-0.05, 0) is 30.5 Å². The Labute approximate surface area is 152 Å². The highest BCUT2D eigenvalue weighted by Gasteiger charge is 2.13. The molecular formula is C17H17N3O3S2. The Morgan fingerprint density at radius 3 is 2.84 bits per heavy atom. The molecule has 8 heteroatoms. The fourth-order valence-electron chi connectivity index (χ4n) is 2.09. The molecule has 0 aliphatic rings. The number of thioether (sulfide) groups is 1. The lowest BCUT2D eigenvalue weighted by Gasteiger charge is -2.05. The van der Waals surface area contributed by atoms with E-state index in [1.54, 1.807) is 11.8 Å². The van der Waals surface area contributed by atoms with Gasteiger partial charge in [-0.2, -0.15) is 4.68 Å². The van der Waals surface area contributed by atoms with Crippen LogP contribution in [0.3, 0.4) is 0 Å². The zero-order valence-electron chi connectivity index (χ0n) is 13.6. The van der Waals surface area contributed by atoms with E-state index in [-0.39, 0.29) is 18.3 Å². The van der Waals surface area contributed by atoms with Gasteiger partial charge in [0.25, 0.3) is 5.89 Å². The molecule has 0 spiro atoms. The second-order valence-corrected chi connectivity index (χ2v) is 7.44.